The van der Waals surface area contributed by atoms with E-state index < -0.39 is 10.0 Å². The molecule has 6 nitrogen and oxygen atoms in total. The summed E-state index contributed by atoms with van der Waals surface area (Å²) >= 11 is 0. The Morgan fingerprint density at radius 3 is 2.76 bits per heavy atom. The normalized spacial score (nSPS) is 21.4. The number of rotatable bonds is 2. The number of nitrogens with one attached hydrogen (secondary N) is 1. The Bertz CT molecular complexity index is 510. The maximum atomic E-state index is 11.5. The van der Waals surface area contributed by atoms with Crippen molar-refractivity contribution in [2.45, 2.75) is 11.0 Å². The predicted molar refractivity (Wildman–Crippen MR) is 63.8 cm³/mol. The third-order valence-electron chi connectivity index (χ3n) is 2.61. The summed E-state index contributed by atoms with van der Waals surface area (Å²) < 4.78 is 28.5. The van der Waals surface area contributed by atoms with Crippen LogP contribution in [0.15, 0.2) is 23.1 Å². The van der Waals surface area contributed by atoms with Crippen LogP contribution >= 0.6 is 0 Å². The van der Waals surface area contributed by atoms with Crippen LogP contribution in [0.1, 0.15) is 11.7 Å². The first-order valence-corrected chi connectivity index (χ1v) is 6.77. The first kappa shape index (κ1) is 12.3. The van der Waals surface area contributed by atoms with Gasteiger partial charge in [0.1, 0.15) is 0 Å². The van der Waals surface area contributed by atoms with Gasteiger partial charge in [-0.2, -0.15) is 0 Å². The molecule has 17 heavy (non-hydrogen) atoms. The minimum Gasteiger partial charge on any atom is -0.399 e. The highest BCUT2D eigenvalue weighted by Gasteiger charge is 2.23. The fourth-order valence-corrected chi connectivity index (χ4v) is 2.62. The standard InChI is InChI=1S/C10H15N3O3S/c11-7-1-2-10(17(12,14)15)8(5-7)9-6-13-3-4-16-9/h1-2,5,9,13H,3-4,6,11H2,(H2,12,14,15). The number of hydrogen-bond donors (Lipinski definition) is 3. The van der Waals surface area contributed by atoms with E-state index in [1.165, 1.54) is 12.1 Å². The van der Waals surface area contributed by atoms with Gasteiger partial charge in [-0.3, -0.25) is 0 Å². The van der Waals surface area contributed by atoms with Crippen molar-refractivity contribution in [2.24, 2.45) is 5.14 Å². The minimum absolute atomic E-state index is 0.0698. The molecule has 5 N–H and O–H groups in total. The van der Waals surface area contributed by atoms with Gasteiger partial charge in [-0.05, 0) is 18.2 Å². The number of nitrogens with two attached hydrogens (primary N) is 2. The molecule has 0 aromatic heterocycles. The second kappa shape index (κ2) is 4.61. The van der Waals surface area contributed by atoms with Crippen molar-refractivity contribution < 1.29 is 13.2 Å². The van der Waals surface area contributed by atoms with E-state index in [2.05, 4.69) is 5.32 Å². The molecule has 0 radical (unpaired) electrons. The van der Waals surface area contributed by atoms with Crippen molar-refractivity contribution >= 4 is 15.7 Å². The Kier molecular flexibility index (Phi) is 3.34. The van der Waals surface area contributed by atoms with Crippen LogP contribution in [0, 0.1) is 0 Å². The molecule has 1 atom stereocenters. The van der Waals surface area contributed by atoms with Crippen LogP contribution in [0.25, 0.3) is 0 Å². The highest BCUT2D eigenvalue weighted by Crippen LogP contribution is 2.27. The largest absolute Gasteiger partial charge is 0.399 e. The molecule has 1 fully saturated rings. The van der Waals surface area contributed by atoms with E-state index in [9.17, 15) is 8.42 Å². The number of sulfonamides is 1. The molecule has 0 bridgehead atoms. The molecule has 94 valence electrons. The summed E-state index contributed by atoms with van der Waals surface area (Å²) in [5, 5.41) is 8.30. The molecule has 1 aliphatic rings. The molecule has 1 saturated heterocycles. The summed E-state index contributed by atoms with van der Waals surface area (Å²) in [5.41, 5.74) is 6.67. The number of morpholine rings is 1. The highest BCUT2D eigenvalue weighted by atomic mass is 32.2. The van der Waals surface area contributed by atoms with E-state index in [1.807, 2.05) is 0 Å². The highest BCUT2D eigenvalue weighted by molar-refractivity contribution is 7.89. The van der Waals surface area contributed by atoms with Gasteiger partial charge >= 0.3 is 0 Å². The average Bonchev–Trinajstić information content (AvgIpc) is 2.28. The van der Waals surface area contributed by atoms with Crippen LogP contribution in [0.4, 0.5) is 5.69 Å². The van der Waals surface area contributed by atoms with Crippen molar-refractivity contribution in [1.29, 1.82) is 0 Å². The van der Waals surface area contributed by atoms with Gasteiger partial charge in [0.2, 0.25) is 10.0 Å². The van der Waals surface area contributed by atoms with Crippen molar-refractivity contribution in [3.05, 3.63) is 23.8 Å². The zero-order valence-corrected chi connectivity index (χ0v) is 10.0. The lowest BCUT2D eigenvalue weighted by Crippen LogP contribution is -2.34. The smallest absolute Gasteiger partial charge is 0.238 e. The number of nitrogen functional groups attached to an aromatic ring is 1. The monoisotopic (exact) mass is 257 g/mol. The quantitative estimate of drug-likeness (QED) is 0.623. The lowest BCUT2D eigenvalue weighted by Gasteiger charge is -2.25. The maximum Gasteiger partial charge on any atom is 0.238 e. The fourth-order valence-electron chi connectivity index (χ4n) is 1.84. The molecular weight excluding hydrogens is 242 g/mol. The maximum absolute atomic E-state index is 11.5. The SMILES string of the molecule is Nc1ccc(S(N)(=O)=O)c(C2CNCCO2)c1. The molecular formula is C10H15N3O3S. The third-order valence-corrected chi connectivity index (χ3v) is 3.60. The lowest BCUT2D eigenvalue weighted by atomic mass is 10.1. The molecule has 1 aliphatic heterocycles. The first-order valence-electron chi connectivity index (χ1n) is 5.23. The molecule has 2 rings (SSSR count). The molecule has 0 aliphatic carbocycles. The van der Waals surface area contributed by atoms with Crippen molar-refractivity contribution in [1.82, 2.24) is 5.32 Å². The zero-order valence-electron chi connectivity index (χ0n) is 9.22. The molecule has 0 saturated carbocycles. The van der Waals surface area contributed by atoms with E-state index in [1.54, 1.807) is 6.07 Å². The number of anilines is 1. The number of primary sulfonamides is 1. The Morgan fingerprint density at radius 1 is 1.41 bits per heavy atom. The van der Waals surface area contributed by atoms with E-state index in [4.69, 9.17) is 15.6 Å². The molecule has 7 heteroatoms. The van der Waals surface area contributed by atoms with Crippen LogP contribution in [-0.2, 0) is 14.8 Å². The first-order chi connectivity index (χ1) is 7.98. The number of hydrogen-bond acceptors (Lipinski definition) is 5. The Hall–Kier alpha value is -1.15. The molecule has 1 unspecified atom stereocenters. The average molecular weight is 257 g/mol. The van der Waals surface area contributed by atoms with Gasteiger partial charge in [-0.15, -0.1) is 0 Å². The molecule has 0 amide bonds. The molecule has 0 spiro atoms. The Balaban J connectivity index is 2.46. The van der Waals surface area contributed by atoms with E-state index in [0.29, 0.717) is 24.4 Å². The zero-order chi connectivity index (χ0) is 12.5. The summed E-state index contributed by atoms with van der Waals surface area (Å²) in [7, 11) is -3.76. The summed E-state index contributed by atoms with van der Waals surface area (Å²) in [5.74, 6) is 0. The number of ether oxygens (including phenoxy) is 1. The summed E-state index contributed by atoms with van der Waals surface area (Å²) in [4.78, 5) is 0.0698. The van der Waals surface area contributed by atoms with Crippen LogP contribution in [0.2, 0.25) is 0 Å². The lowest BCUT2D eigenvalue weighted by molar-refractivity contribution is 0.0260. The van der Waals surface area contributed by atoms with Gasteiger partial charge in [0.15, 0.2) is 0 Å². The van der Waals surface area contributed by atoms with Crippen LogP contribution in [0.3, 0.4) is 0 Å². The second-order valence-electron chi connectivity index (χ2n) is 3.91. The van der Waals surface area contributed by atoms with E-state index >= 15 is 0 Å². The van der Waals surface area contributed by atoms with Crippen LogP contribution in [-0.4, -0.2) is 28.1 Å². The van der Waals surface area contributed by atoms with Gasteiger partial charge in [0.25, 0.3) is 0 Å². The predicted octanol–water partition coefficient (Wildman–Crippen LogP) is -0.423. The van der Waals surface area contributed by atoms with Crippen molar-refractivity contribution in [2.75, 3.05) is 25.4 Å². The minimum atomic E-state index is -3.76. The fraction of sp³-hybridized carbons (Fsp3) is 0.400. The van der Waals surface area contributed by atoms with Crippen LogP contribution in [0.5, 0.6) is 0 Å². The molecule has 1 aromatic rings. The third kappa shape index (κ3) is 2.75. The summed E-state index contributed by atoms with van der Waals surface area (Å²) in [6, 6.07) is 4.52. The van der Waals surface area contributed by atoms with E-state index in [0.717, 1.165) is 6.54 Å². The Labute approximate surface area is 100.0 Å². The van der Waals surface area contributed by atoms with Crippen molar-refractivity contribution in [3.8, 4) is 0 Å². The van der Waals surface area contributed by atoms with Gasteiger partial charge < -0.3 is 15.8 Å². The summed E-state index contributed by atoms with van der Waals surface area (Å²) in [6.07, 6.45) is -0.333. The van der Waals surface area contributed by atoms with Gasteiger partial charge in [-0.1, -0.05) is 0 Å². The van der Waals surface area contributed by atoms with Crippen molar-refractivity contribution in [3.63, 3.8) is 0 Å². The molecule has 1 aromatic carbocycles. The van der Waals surface area contributed by atoms with Gasteiger partial charge in [0, 0.05) is 24.3 Å². The van der Waals surface area contributed by atoms with E-state index in [-0.39, 0.29) is 11.0 Å². The Morgan fingerprint density at radius 2 is 2.18 bits per heavy atom. The van der Waals surface area contributed by atoms with Gasteiger partial charge in [-0.25, -0.2) is 13.6 Å². The molecule has 1 heterocycles. The van der Waals surface area contributed by atoms with Gasteiger partial charge in [0.05, 0.1) is 17.6 Å². The summed E-state index contributed by atoms with van der Waals surface area (Å²) in [6.45, 7) is 1.83. The number of benzene rings is 1. The van der Waals surface area contributed by atoms with Crippen LogP contribution < -0.4 is 16.2 Å². The second-order valence-corrected chi connectivity index (χ2v) is 5.44. The topological polar surface area (TPSA) is 107 Å².